The van der Waals surface area contributed by atoms with Gasteiger partial charge in [-0.25, -0.2) is 4.79 Å². The summed E-state index contributed by atoms with van der Waals surface area (Å²) in [7, 11) is 0. The summed E-state index contributed by atoms with van der Waals surface area (Å²) in [5.74, 6) is -1.18. The minimum atomic E-state index is -1.00. The van der Waals surface area contributed by atoms with Crippen molar-refractivity contribution < 1.29 is 24.2 Å². The van der Waals surface area contributed by atoms with Crippen molar-refractivity contribution in [2.75, 3.05) is 6.61 Å². The largest absolute Gasteiger partial charge is 0.466 e. The van der Waals surface area contributed by atoms with Gasteiger partial charge in [0.1, 0.15) is 5.60 Å². The Hall–Kier alpha value is -2.86. The first-order chi connectivity index (χ1) is 15.2. The van der Waals surface area contributed by atoms with Crippen LogP contribution in [-0.2, 0) is 27.1 Å². The summed E-state index contributed by atoms with van der Waals surface area (Å²) in [6.07, 6.45) is -0.521. The third kappa shape index (κ3) is 9.10. The Balaban J connectivity index is 2.18. The van der Waals surface area contributed by atoms with Crippen LogP contribution in [0.15, 0.2) is 60.7 Å². The lowest BCUT2D eigenvalue weighted by Gasteiger charge is -2.28. The smallest absolute Gasteiger partial charge is 0.407 e. The molecule has 0 bridgehead atoms. The molecule has 2 N–H and O–H groups in total. The summed E-state index contributed by atoms with van der Waals surface area (Å²) in [6, 6.07) is 18.8. The fourth-order valence-electron chi connectivity index (χ4n) is 3.52. The third-order valence-electron chi connectivity index (χ3n) is 4.92. The summed E-state index contributed by atoms with van der Waals surface area (Å²) >= 11 is 0. The quantitative estimate of drug-likeness (QED) is 0.537. The van der Waals surface area contributed by atoms with Gasteiger partial charge in [-0.05, 0) is 58.1 Å². The molecule has 32 heavy (non-hydrogen) atoms. The Bertz CT molecular complexity index is 832. The van der Waals surface area contributed by atoms with Crippen molar-refractivity contribution in [3.63, 3.8) is 0 Å². The summed E-state index contributed by atoms with van der Waals surface area (Å²) in [5.41, 5.74) is 1.31. The van der Waals surface area contributed by atoms with Gasteiger partial charge in [0, 0.05) is 6.04 Å². The van der Waals surface area contributed by atoms with Gasteiger partial charge >= 0.3 is 12.1 Å². The molecule has 1 amide bonds. The lowest BCUT2D eigenvalue weighted by atomic mass is 9.88. The van der Waals surface area contributed by atoms with Crippen molar-refractivity contribution in [3.05, 3.63) is 71.8 Å². The molecule has 0 aliphatic heterocycles. The summed E-state index contributed by atoms with van der Waals surface area (Å²) in [6.45, 7) is 7.37. The maximum absolute atomic E-state index is 12.6. The number of benzene rings is 2. The standard InChI is InChI=1S/C26H35NO5/c1-5-31-24(29)22(17-20-14-10-7-11-15-20)23(28)18-21(16-19-12-8-6-9-13-19)27-25(30)32-26(2,3)4/h6-15,21-23,28H,5,16-18H2,1-4H3,(H,27,30)/t21-,22+,23+/m0/s1. The number of carbonyl (C=O) groups excluding carboxylic acids is 2. The van der Waals surface area contributed by atoms with Crippen LogP contribution in [0.1, 0.15) is 45.2 Å². The van der Waals surface area contributed by atoms with Gasteiger partial charge < -0.3 is 19.9 Å². The van der Waals surface area contributed by atoms with E-state index in [-0.39, 0.29) is 13.0 Å². The monoisotopic (exact) mass is 441 g/mol. The second kappa shape index (κ2) is 12.2. The highest BCUT2D eigenvalue weighted by Crippen LogP contribution is 2.20. The third-order valence-corrected chi connectivity index (χ3v) is 4.92. The van der Waals surface area contributed by atoms with Gasteiger partial charge in [0.25, 0.3) is 0 Å². The maximum Gasteiger partial charge on any atom is 0.407 e. The molecule has 0 saturated heterocycles. The van der Waals surface area contributed by atoms with Crippen LogP contribution in [0.5, 0.6) is 0 Å². The van der Waals surface area contributed by atoms with E-state index in [0.717, 1.165) is 11.1 Å². The predicted molar refractivity (Wildman–Crippen MR) is 124 cm³/mol. The number of ether oxygens (including phenoxy) is 2. The van der Waals surface area contributed by atoms with Gasteiger partial charge in [0.15, 0.2) is 0 Å². The lowest BCUT2D eigenvalue weighted by Crippen LogP contribution is -2.44. The average molecular weight is 442 g/mol. The van der Waals surface area contributed by atoms with Crippen molar-refractivity contribution in [1.82, 2.24) is 5.32 Å². The molecular weight excluding hydrogens is 406 g/mol. The molecular formula is C26H35NO5. The SMILES string of the molecule is CCOC(=O)[C@H](Cc1ccccc1)[C@H](O)C[C@H](Cc1ccccc1)NC(=O)OC(C)(C)C. The van der Waals surface area contributed by atoms with Gasteiger partial charge in [0.05, 0.1) is 18.6 Å². The number of carbonyl (C=O) groups is 2. The summed E-state index contributed by atoms with van der Waals surface area (Å²) in [4.78, 5) is 25.1. The second-order valence-corrected chi connectivity index (χ2v) is 8.88. The summed E-state index contributed by atoms with van der Waals surface area (Å²) in [5, 5.41) is 13.9. The van der Waals surface area contributed by atoms with E-state index in [4.69, 9.17) is 9.47 Å². The van der Waals surface area contributed by atoms with Crippen molar-refractivity contribution in [3.8, 4) is 0 Å². The Kier molecular flexibility index (Phi) is 9.72. The number of esters is 1. The number of nitrogens with one attached hydrogen (secondary N) is 1. The Morgan fingerprint density at radius 1 is 0.938 bits per heavy atom. The number of aliphatic hydroxyl groups excluding tert-OH is 1. The van der Waals surface area contributed by atoms with Crippen LogP contribution in [0, 0.1) is 5.92 Å². The zero-order valence-electron chi connectivity index (χ0n) is 19.4. The van der Waals surface area contributed by atoms with Crippen LogP contribution in [0.3, 0.4) is 0 Å². The lowest BCUT2D eigenvalue weighted by molar-refractivity contribution is -0.152. The highest BCUT2D eigenvalue weighted by molar-refractivity contribution is 5.73. The number of hydrogen-bond donors (Lipinski definition) is 2. The number of alkyl carbamates (subject to hydrolysis) is 1. The molecule has 0 aromatic heterocycles. The zero-order chi connectivity index (χ0) is 23.6. The van der Waals surface area contributed by atoms with Gasteiger partial charge in [-0.2, -0.15) is 0 Å². The molecule has 0 saturated carbocycles. The van der Waals surface area contributed by atoms with Crippen molar-refractivity contribution in [2.45, 2.75) is 64.7 Å². The van der Waals surface area contributed by atoms with Crippen molar-refractivity contribution in [2.24, 2.45) is 5.92 Å². The van der Waals surface area contributed by atoms with E-state index in [1.807, 2.05) is 60.7 Å². The summed E-state index contributed by atoms with van der Waals surface area (Å²) < 4.78 is 10.6. The fraction of sp³-hybridized carbons (Fsp3) is 0.462. The van der Waals surface area contributed by atoms with E-state index in [9.17, 15) is 14.7 Å². The topological polar surface area (TPSA) is 84.9 Å². The normalized spacial score (nSPS) is 14.2. The number of aliphatic hydroxyl groups is 1. The van der Waals surface area contributed by atoms with Gasteiger partial charge in [-0.15, -0.1) is 0 Å². The fourth-order valence-corrected chi connectivity index (χ4v) is 3.52. The second-order valence-electron chi connectivity index (χ2n) is 8.88. The molecule has 0 spiro atoms. The van der Waals surface area contributed by atoms with Crippen molar-refractivity contribution >= 4 is 12.1 Å². The molecule has 0 radical (unpaired) electrons. The molecule has 0 unspecified atom stereocenters. The van der Waals surface area contributed by atoms with E-state index in [1.165, 1.54) is 0 Å². The van der Waals surface area contributed by atoms with Crippen LogP contribution in [0.4, 0.5) is 4.79 Å². The predicted octanol–water partition coefficient (Wildman–Crippen LogP) is 4.30. The highest BCUT2D eigenvalue weighted by atomic mass is 16.6. The molecule has 0 aliphatic rings. The van der Waals surface area contributed by atoms with E-state index < -0.39 is 35.7 Å². The van der Waals surface area contributed by atoms with E-state index in [1.54, 1.807) is 27.7 Å². The van der Waals surface area contributed by atoms with Gasteiger partial charge in [-0.1, -0.05) is 60.7 Å². The minimum absolute atomic E-state index is 0.185. The van der Waals surface area contributed by atoms with E-state index in [0.29, 0.717) is 12.8 Å². The molecule has 0 heterocycles. The first kappa shape index (κ1) is 25.4. The van der Waals surface area contributed by atoms with Crippen LogP contribution in [0.25, 0.3) is 0 Å². The molecule has 2 rings (SSSR count). The molecule has 0 aliphatic carbocycles. The van der Waals surface area contributed by atoms with Gasteiger partial charge in [0.2, 0.25) is 0 Å². The number of hydrogen-bond acceptors (Lipinski definition) is 5. The minimum Gasteiger partial charge on any atom is -0.466 e. The van der Waals surface area contributed by atoms with Crippen LogP contribution in [-0.4, -0.2) is 41.5 Å². The van der Waals surface area contributed by atoms with Crippen LogP contribution < -0.4 is 5.32 Å². The molecule has 0 fully saturated rings. The first-order valence-electron chi connectivity index (χ1n) is 11.1. The average Bonchev–Trinajstić information content (AvgIpc) is 2.72. The molecule has 2 aromatic rings. The molecule has 3 atom stereocenters. The maximum atomic E-state index is 12.6. The Labute approximate surface area is 190 Å². The van der Waals surface area contributed by atoms with Gasteiger partial charge in [-0.3, -0.25) is 4.79 Å². The Morgan fingerprint density at radius 2 is 1.47 bits per heavy atom. The molecule has 6 heteroatoms. The van der Waals surface area contributed by atoms with E-state index >= 15 is 0 Å². The zero-order valence-corrected chi connectivity index (χ0v) is 19.4. The first-order valence-corrected chi connectivity index (χ1v) is 11.1. The number of rotatable bonds is 10. The molecule has 174 valence electrons. The molecule has 6 nitrogen and oxygen atoms in total. The number of amides is 1. The van der Waals surface area contributed by atoms with Crippen LogP contribution in [0.2, 0.25) is 0 Å². The van der Waals surface area contributed by atoms with Crippen LogP contribution >= 0.6 is 0 Å². The Morgan fingerprint density at radius 3 is 1.97 bits per heavy atom. The van der Waals surface area contributed by atoms with Crippen molar-refractivity contribution in [1.29, 1.82) is 0 Å². The molecule has 2 aromatic carbocycles. The van der Waals surface area contributed by atoms with E-state index in [2.05, 4.69) is 5.32 Å². The highest BCUT2D eigenvalue weighted by Gasteiger charge is 2.31.